The lowest BCUT2D eigenvalue weighted by Gasteiger charge is -2.05. The number of aromatic nitrogens is 4. The van der Waals surface area contributed by atoms with Crippen LogP contribution in [0.25, 0.3) is 27.4 Å². The summed E-state index contributed by atoms with van der Waals surface area (Å²) in [6, 6.07) is 18.6. The van der Waals surface area contributed by atoms with E-state index in [9.17, 15) is 0 Å². The number of hydrogen-bond acceptors (Lipinski definition) is 5. The second kappa shape index (κ2) is 5.66. The predicted molar refractivity (Wildman–Crippen MR) is 92.3 cm³/mol. The number of nitrogens with two attached hydrogens (primary N) is 1. The van der Waals surface area contributed by atoms with Crippen LogP contribution in [0.5, 0.6) is 0 Å². The summed E-state index contributed by atoms with van der Waals surface area (Å²) in [7, 11) is 0. The zero-order valence-corrected chi connectivity index (χ0v) is 12.9. The molecule has 4 rings (SSSR count). The van der Waals surface area contributed by atoms with Gasteiger partial charge in [-0.1, -0.05) is 65.9 Å². The highest BCUT2D eigenvalue weighted by Gasteiger charge is 2.14. The first kappa shape index (κ1) is 13.7. The van der Waals surface area contributed by atoms with E-state index in [1.54, 1.807) is 11.0 Å². The Hall–Kier alpha value is -2.99. The molecule has 112 valence electrons. The molecule has 0 radical (unpaired) electrons. The Bertz CT molecular complexity index is 912. The minimum atomic E-state index is 0.512. The molecule has 0 aliphatic rings. The Morgan fingerprint density at radius 3 is 2.26 bits per heavy atom. The summed E-state index contributed by atoms with van der Waals surface area (Å²) in [4.78, 5) is 8.43. The Morgan fingerprint density at radius 2 is 1.57 bits per heavy atom. The molecule has 2 aromatic carbocycles. The van der Waals surface area contributed by atoms with Gasteiger partial charge in [-0.15, -0.1) is 0 Å². The van der Waals surface area contributed by atoms with Crippen LogP contribution in [0.15, 0.2) is 67.3 Å². The maximum atomic E-state index is 5.89. The number of thiazole rings is 1. The van der Waals surface area contributed by atoms with Gasteiger partial charge in [0.2, 0.25) is 0 Å². The highest BCUT2D eigenvalue weighted by Crippen LogP contribution is 2.33. The Morgan fingerprint density at radius 1 is 0.870 bits per heavy atom. The average molecular weight is 319 g/mol. The van der Waals surface area contributed by atoms with Crippen molar-refractivity contribution in [3.63, 3.8) is 0 Å². The van der Waals surface area contributed by atoms with Gasteiger partial charge in [0.05, 0.1) is 0 Å². The van der Waals surface area contributed by atoms with Crippen molar-refractivity contribution in [1.82, 2.24) is 19.7 Å². The van der Waals surface area contributed by atoms with Gasteiger partial charge < -0.3 is 5.73 Å². The summed E-state index contributed by atoms with van der Waals surface area (Å²) in [5.74, 6) is 0. The molecule has 0 aliphatic carbocycles. The normalized spacial score (nSPS) is 10.8. The fourth-order valence-corrected chi connectivity index (χ4v) is 3.22. The van der Waals surface area contributed by atoms with E-state index in [1.807, 2.05) is 18.2 Å². The first-order valence-corrected chi connectivity index (χ1v) is 7.90. The fourth-order valence-electron chi connectivity index (χ4n) is 2.44. The summed E-state index contributed by atoms with van der Waals surface area (Å²) in [6.07, 6.45) is 3.15. The SMILES string of the molecule is Nc1nc(-c2ccc(-c3ccccc3)cc2)c(-n2cncn2)s1. The second-order valence-electron chi connectivity index (χ2n) is 4.99. The van der Waals surface area contributed by atoms with Crippen LogP contribution in [0.2, 0.25) is 0 Å². The molecule has 2 heterocycles. The minimum Gasteiger partial charge on any atom is -0.375 e. The Kier molecular flexibility index (Phi) is 3.36. The zero-order chi connectivity index (χ0) is 15.6. The summed E-state index contributed by atoms with van der Waals surface area (Å²) >= 11 is 1.39. The monoisotopic (exact) mass is 319 g/mol. The molecule has 5 nitrogen and oxygen atoms in total. The summed E-state index contributed by atoms with van der Waals surface area (Å²) in [5.41, 5.74) is 10.1. The summed E-state index contributed by atoms with van der Waals surface area (Å²) in [5, 5.41) is 5.55. The third-order valence-corrected chi connectivity index (χ3v) is 4.39. The predicted octanol–water partition coefficient (Wildman–Crippen LogP) is 3.64. The van der Waals surface area contributed by atoms with Crippen molar-refractivity contribution in [2.75, 3.05) is 5.73 Å². The topological polar surface area (TPSA) is 69.6 Å². The van der Waals surface area contributed by atoms with E-state index in [2.05, 4.69) is 51.5 Å². The number of rotatable bonds is 3. The van der Waals surface area contributed by atoms with Gasteiger partial charge in [0.1, 0.15) is 23.3 Å². The van der Waals surface area contributed by atoms with E-state index in [-0.39, 0.29) is 0 Å². The third-order valence-electron chi connectivity index (χ3n) is 3.52. The van der Waals surface area contributed by atoms with E-state index in [4.69, 9.17) is 5.73 Å². The number of nitrogens with zero attached hydrogens (tertiary/aromatic N) is 4. The van der Waals surface area contributed by atoms with Crippen molar-refractivity contribution in [3.8, 4) is 27.4 Å². The smallest absolute Gasteiger partial charge is 0.182 e. The Balaban J connectivity index is 1.75. The molecule has 0 fully saturated rings. The van der Waals surface area contributed by atoms with Gasteiger partial charge in [-0.05, 0) is 11.1 Å². The van der Waals surface area contributed by atoms with E-state index in [1.165, 1.54) is 28.8 Å². The lowest BCUT2D eigenvalue weighted by Crippen LogP contribution is -1.94. The molecule has 0 unspecified atom stereocenters. The highest BCUT2D eigenvalue weighted by molar-refractivity contribution is 7.18. The van der Waals surface area contributed by atoms with Crippen molar-refractivity contribution in [1.29, 1.82) is 0 Å². The van der Waals surface area contributed by atoms with Gasteiger partial charge in [0.25, 0.3) is 0 Å². The van der Waals surface area contributed by atoms with Crippen molar-refractivity contribution in [2.45, 2.75) is 0 Å². The zero-order valence-electron chi connectivity index (χ0n) is 12.1. The van der Waals surface area contributed by atoms with Crippen LogP contribution in [0.4, 0.5) is 5.13 Å². The molecule has 23 heavy (non-hydrogen) atoms. The van der Waals surface area contributed by atoms with Gasteiger partial charge in [-0.3, -0.25) is 0 Å². The molecule has 0 bridgehead atoms. The number of hydrogen-bond donors (Lipinski definition) is 1. The summed E-state index contributed by atoms with van der Waals surface area (Å²) < 4.78 is 1.69. The van der Waals surface area contributed by atoms with E-state index in [0.717, 1.165) is 16.3 Å². The van der Waals surface area contributed by atoms with Crippen LogP contribution >= 0.6 is 11.3 Å². The lowest BCUT2D eigenvalue weighted by atomic mass is 10.0. The first-order chi connectivity index (χ1) is 11.3. The van der Waals surface area contributed by atoms with Gasteiger partial charge in [0, 0.05) is 5.56 Å². The van der Waals surface area contributed by atoms with Gasteiger partial charge in [0.15, 0.2) is 5.13 Å². The first-order valence-electron chi connectivity index (χ1n) is 7.08. The third kappa shape index (κ3) is 2.60. The van der Waals surface area contributed by atoms with Crippen LogP contribution in [0.1, 0.15) is 0 Å². The lowest BCUT2D eigenvalue weighted by molar-refractivity contribution is 0.895. The molecular weight excluding hydrogens is 306 g/mol. The molecule has 2 aromatic heterocycles. The van der Waals surface area contributed by atoms with Crippen molar-refractivity contribution < 1.29 is 0 Å². The molecule has 4 aromatic rings. The molecule has 0 saturated carbocycles. The van der Waals surface area contributed by atoms with Crippen LogP contribution in [-0.4, -0.2) is 19.7 Å². The van der Waals surface area contributed by atoms with Crippen LogP contribution in [0.3, 0.4) is 0 Å². The molecule has 0 atom stereocenters. The van der Waals surface area contributed by atoms with E-state index in [0.29, 0.717) is 5.13 Å². The van der Waals surface area contributed by atoms with Gasteiger partial charge in [-0.25, -0.2) is 14.6 Å². The van der Waals surface area contributed by atoms with Crippen molar-refractivity contribution in [2.24, 2.45) is 0 Å². The number of nitrogen functional groups attached to an aromatic ring is 1. The molecule has 2 N–H and O–H groups in total. The van der Waals surface area contributed by atoms with Crippen LogP contribution < -0.4 is 5.73 Å². The van der Waals surface area contributed by atoms with Crippen LogP contribution in [-0.2, 0) is 0 Å². The molecular formula is C17H13N5S. The standard InChI is InChI=1S/C17H13N5S/c18-17-21-15(16(23-17)22-11-19-10-20-22)14-8-6-13(7-9-14)12-4-2-1-3-5-12/h1-11H,(H2,18,21). The maximum Gasteiger partial charge on any atom is 0.182 e. The fraction of sp³-hybridized carbons (Fsp3) is 0. The van der Waals surface area contributed by atoms with Crippen molar-refractivity contribution in [3.05, 3.63) is 67.3 Å². The van der Waals surface area contributed by atoms with E-state index < -0.39 is 0 Å². The molecule has 6 heteroatoms. The second-order valence-corrected chi connectivity index (χ2v) is 6.00. The average Bonchev–Trinajstić information content (AvgIpc) is 3.25. The van der Waals surface area contributed by atoms with E-state index >= 15 is 0 Å². The largest absolute Gasteiger partial charge is 0.375 e. The number of anilines is 1. The number of benzene rings is 2. The maximum absolute atomic E-state index is 5.89. The quantitative estimate of drug-likeness (QED) is 0.626. The summed E-state index contributed by atoms with van der Waals surface area (Å²) in [6.45, 7) is 0. The molecule has 0 saturated heterocycles. The molecule has 0 aliphatic heterocycles. The van der Waals surface area contributed by atoms with Gasteiger partial charge >= 0.3 is 0 Å². The Labute approximate surface area is 137 Å². The molecule has 0 spiro atoms. The highest BCUT2D eigenvalue weighted by atomic mass is 32.1. The van der Waals surface area contributed by atoms with Crippen molar-refractivity contribution >= 4 is 16.5 Å². The van der Waals surface area contributed by atoms with Gasteiger partial charge in [-0.2, -0.15) is 5.10 Å². The minimum absolute atomic E-state index is 0.512. The molecule has 0 amide bonds. The van der Waals surface area contributed by atoms with Crippen LogP contribution in [0, 0.1) is 0 Å².